The van der Waals surface area contributed by atoms with Crippen LogP contribution >= 0.6 is 39.9 Å². The Morgan fingerprint density at radius 2 is 1.93 bits per heavy atom. The predicted octanol–water partition coefficient (Wildman–Crippen LogP) is 4.03. The first-order valence-corrected chi connectivity index (χ1v) is 10.1. The molecule has 1 fully saturated rings. The van der Waals surface area contributed by atoms with Crippen LogP contribution in [0.25, 0.3) is 0 Å². The second-order valence-corrected chi connectivity index (χ2v) is 7.50. The number of methoxy groups -OCH3 is 2. The van der Waals surface area contributed by atoms with Gasteiger partial charge in [0.15, 0.2) is 17.5 Å². The third-order valence-electron chi connectivity index (χ3n) is 4.85. The van der Waals surface area contributed by atoms with Gasteiger partial charge in [-0.3, -0.25) is 4.99 Å². The van der Waals surface area contributed by atoms with E-state index in [1.165, 1.54) is 5.69 Å². The zero-order valence-electron chi connectivity index (χ0n) is 16.9. The van der Waals surface area contributed by atoms with Crippen molar-refractivity contribution in [1.29, 1.82) is 0 Å². The highest BCUT2D eigenvalue weighted by molar-refractivity contribution is 14.0. The van der Waals surface area contributed by atoms with Crippen molar-refractivity contribution in [2.75, 3.05) is 39.3 Å². The molecule has 0 amide bonds. The smallest absolute Gasteiger partial charge is 0.191 e. The number of hydrogen-bond acceptors (Lipinski definition) is 4. The standard InChI is InChI=1S/C21H27BrN4O2.HI/c1-23-21(24-13-15-8-9-19(27-2)20(12-15)28-3)25-16-10-11-26(14-16)18-7-5-4-6-17(18)22;/h4-9,12,16H,10-11,13-14H2,1-3H3,(H2,23,24,25);1H. The Morgan fingerprint density at radius 3 is 2.62 bits per heavy atom. The number of nitrogens with one attached hydrogen (secondary N) is 2. The van der Waals surface area contributed by atoms with Crippen LogP contribution in [0.1, 0.15) is 12.0 Å². The Kier molecular flexibility index (Phi) is 9.35. The van der Waals surface area contributed by atoms with Crippen molar-refractivity contribution in [1.82, 2.24) is 10.6 Å². The average molecular weight is 575 g/mol. The van der Waals surface area contributed by atoms with Crippen LogP contribution in [0.15, 0.2) is 51.9 Å². The van der Waals surface area contributed by atoms with Crippen molar-refractivity contribution in [3.63, 3.8) is 0 Å². The first kappa shape index (κ1) is 23.6. The number of guanidine groups is 1. The zero-order valence-corrected chi connectivity index (χ0v) is 20.9. The maximum absolute atomic E-state index is 5.37. The van der Waals surface area contributed by atoms with E-state index in [9.17, 15) is 0 Å². The van der Waals surface area contributed by atoms with Gasteiger partial charge in [-0.05, 0) is 52.2 Å². The summed E-state index contributed by atoms with van der Waals surface area (Å²) in [5.41, 5.74) is 2.34. The molecule has 158 valence electrons. The lowest BCUT2D eigenvalue weighted by molar-refractivity contribution is 0.354. The zero-order chi connectivity index (χ0) is 19.9. The average Bonchev–Trinajstić information content (AvgIpc) is 3.19. The molecule has 0 radical (unpaired) electrons. The van der Waals surface area contributed by atoms with Gasteiger partial charge in [0, 0.05) is 37.2 Å². The van der Waals surface area contributed by atoms with Crippen LogP contribution in [0.3, 0.4) is 0 Å². The number of rotatable bonds is 6. The molecule has 6 nitrogen and oxygen atoms in total. The SMILES string of the molecule is CN=C(NCc1ccc(OC)c(OC)c1)NC1CCN(c2ccccc2Br)C1.I. The molecular formula is C21H28BrIN4O2. The molecule has 1 saturated heterocycles. The Labute approximate surface area is 198 Å². The lowest BCUT2D eigenvalue weighted by Crippen LogP contribution is -2.44. The molecule has 3 rings (SSSR count). The number of anilines is 1. The highest BCUT2D eigenvalue weighted by Crippen LogP contribution is 2.29. The van der Waals surface area contributed by atoms with E-state index in [0.29, 0.717) is 12.6 Å². The second kappa shape index (κ2) is 11.5. The first-order chi connectivity index (χ1) is 13.6. The van der Waals surface area contributed by atoms with Gasteiger partial charge in [-0.15, -0.1) is 24.0 Å². The summed E-state index contributed by atoms with van der Waals surface area (Å²) in [5.74, 6) is 2.25. The number of halogens is 2. The summed E-state index contributed by atoms with van der Waals surface area (Å²) < 4.78 is 11.8. The molecule has 1 atom stereocenters. The summed E-state index contributed by atoms with van der Waals surface area (Å²) in [6, 6.07) is 14.6. The molecule has 0 bridgehead atoms. The minimum absolute atomic E-state index is 0. The van der Waals surface area contributed by atoms with E-state index in [-0.39, 0.29) is 24.0 Å². The Morgan fingerprint density at radius 1 is 1.17 bits per heavy atom. The van der Waals surface area contributed by atoms with Crippen LogP contribution in [0.2, 0.25) is 0 Å². The quantitative estimate of drug-likeness (QED) is 0.310. The van der Waals surface area contributed by atoms with E-state index in [1.807, 2.05) is 24.3 Å². The minimum Gasteiger partial charge on any atom is -0.493 e. The number of ether oxygens (including phenoxy) is 2. The van der Waals surface area contributed by atoms with Gasteiger partial charge in [0.25, 0.3) is 0 Å². The van der Waals surface area contributed by atoms with Gasteiger partial charge in [-0.2, -0.15) is 0 Å². The largest absolute Gasteiger partial charge is 0.493 e. The van der Waals surface area contributed by atoms with Gasteiger partial charge in [-0.1, -0.05) is 18.2 Å². The van der Waals surface area contributed by atoms with Crippen molar-refractivity contribution in [3.8, 4) is 11.5 Å². The van der Waals surface area contributed by atoms with Crippen molar-refractivity contribution in [2.45, 2.75) is 19.0 Å². The lowest BCUT2D eigenvalue weighted by atomic mass is 10.2. The molecule has 1 aliphatic rings. The molecule has 8 heteroatoms. The fourth-order valence-corrected chi connectivity index (χ4v) is 3.90. The maximum Gasteiger partial charge on any atom is 0.191 e. The molecular weight excluding hydrogens is 547 g/mol. The molecule has 0 aliphatic carbocycles. The Bertz CT molecular complexity index is 834. The highest BCUT2D eigenvalue weighted by Gasteiger charge is 2.24. The molecule has 1 unspecified atom stereocenters. The van der Waals surface area contributed by atoms with E-state index >= 15 is 0 Å². The van der Waals surface area contributed by atoms with Crippen LogP contribution in [0.4, 0.5) is 5.69 Å². The van der Waals surface area contributed by atoms with Crippen molar-refractivity contribution in [2.24, 2.45) is 4.99 Å². The summed E-state index contributed by atoms with van der Waals surface area (Å²) in [6.45, 7) is 2.62. The monoisotopic (exact) mass is 574 g/mol. The third-order valence-corrected chi connectivity index (χ3v) is 5.52. The molecule has 2 aromatic rings. The van der Waals surface area contributed by atoms with Crippen LogP contribution < -0.4 is 25.0 Å². The van der Waals surface area contributed by atoms with Crippen LogP contribution in [0, 0.1) is 0 Å². The summed E-state index contributed by atoms with van der Waals surface area (Å²) in [6.07, 6.45) is 1.07. The molecule has 0 saturated carbocycles. The number of para-hydroxylation sites is 1. The third kappa shape index (κ3) is 6.15. The van der Waals surface area contributed by atoms with Crippen LogP contribution in [-0.4, -0.2) is 46.4 Å². The Balaban J connectivity index is 0.00000300. The summed E-state index contributed by atoms with van der Waals surface area (Å²) in [5, 5.41) is 6.91. The predicted molar refractivity (Wildman–Crippen MR) is 133 cm³/mol. The number of hydrogen-bond donors (Lipinski definition) is 2. The number of benzene rings is 2. The molecule has 0 aromatic heterocycles. The fourth-order valence-electron chi connectivity index (χ4n) is 3.37. The second-order valence-electron chi connectivity index (χ2n) is 6.64. The van der Waals surface area contributed by atoms with Gasteiger partial charge in [-0.25, -0.2) is 0 Å². The minimum atomic E-state index is 0. The lowest BCUT2D eigenvalue weighted by Gasteiger charge is -2.21. The molecule has 2 N–H and O–H groups in total. The van der Waals surface area contributed by atoms with Crippen LogP contribution in [0.5, 0.6) is 11.5 Å². The van der Waals surface area contributed by atoms with Crippen molar-refractivity contribution >= 4 is 51.6 Å². The van der Waals surface area contributed by atoms with Gasteiger partial charge < -0.3 is 25.0 Å². The van der Waals surface area contributed by atoms with Crippen molar-refractivity contribution < 1.29 is 9.47 Å². The van der Waals surface area contributed by atoms with Gasteiger partial charge >= 0.3 is 0 Å². The molecule has 1 aliphatic heterocycles. The summed E-state index contributed by atoms with van der Waals surface area (Å²) in [7, 11) is 5.08. The molecule has 29 heavy (non-hydrogen) atoms. The van der Waals surface area contributed by atoms with E-state index in [0.717, 1.165) is 47.0 Å². The van der Waals surface area contributed by atoms with E-state index in [1.54, 1.807) is 21.3 Å². The molecule has 0 spiro atoms. The Hall–Kier alpha value is -1.68. The van der Waals surface area contributed by atoms with Crippen LogP contribution in [-0.2, 0) is 6.54 Å². The normalized spacial score (nSPS) is 16.2. The van der Waals surface area contributed by atoms with Crippen molar-refractivity contribution in [3.05, 3.63) is 52.5 Å². The summed E-state index contributed by atoms with van der Waals surface area (Å²) in [4.78, 5) is 6.76. The van der Waals surface area contributed by atoms with E-state index in [2.05, 4.69) is 54.7 Å². The fraction of sp³-hybridized carbons (Fsp3) is 0.381. The van der Waals surface area contributed by atoms with E-state index < -0.39 is 0 Å². The van der Waals surface area contributed by atoms with Gasteiger partial charge in [0.05, 0.1) is 19.9 Å². The maximum atomic E-state index is 5.37. The van der Waals surface area contributed by atoms with Gasteiger partial charge in [0.2, 0.25) is 0 Å². The van der Waals surface area contributed by atoms with E-state index in [4.69, 9.17) is 9.47 Å². The molecule has 2 aromatic carbocycles. The van der Waals surface area contributed by atoms with Gasteiger partial charge in [0.1, 0.15) is 0 Å². The first-order valence-electron chi connectivity index (χ1n) is 9.32. The summed E-state index contributed by atoms with van der Waals surface area (Å²) >= 11 is 3.65. The number of aliphatic imine (C=N–C) groups is 1. The highest BCUT2D eigenvalue weighted by atomic mass is 127. The topological polar surface area (TPSA) is 58.1 Å². The number of nitrogens with zero attached hydrogens (tertiary/aromatic N) is 2. The molecule has 1 heterocycles.